The van der Waals surface area contributed by atoms with E-state index in [1.807, 2.05) is 24.3 Å². The van der Waals surface area contributed by atoms with Gasteiger partial charge in [-0.05, 0) is 16.8 Å². The summed E-state index contributed by atoms with van der Waals surface area (Å²) in [6.07, 6.45) is 0. The van der Waals surface area contributed by atoms with Crippen molar-refractivity contribution in [3.63, 3.8) is 0 Å². The fourth-order valence-electron chi connectivity index (χ4n) is 2.95. The average molecular weight is 570 g/mol. The normalized spacial score (nSPS) is 12.0. The molecule has 29 heavy (non-hydrogen) atoms. The fourth-order valence-corrected chi connectivity index (χ4v) is 3.42. The third kappa shape index (κ3) is 4.37. The number of hydrogen-bond donors (Lipinski definition) is 0. The second kappa shape index (κ2) is 8.13. The van der Waals surface area contributed by atoms with Crippen molar-refractivity contribution in [1.82, 2.24) is 0 Å². The van der Waals surface area contributed by atoms with Gasteiger partial charge in [-0.25, -0.2) is 0 Å². The zero-order valence-corrected chi connectivity index (χ0v) is 17.1. The van der Waals surface area contributed by atoms with Gasteiger partial charge >= 0.3 is 15.6 Å². The van der Waals surface area contributed by atoms with Gasteiger partial charge in [-0.2, -0.15) is 21.6 Å². The summed E-state index contributed by atoms with van der Waals surface area (Å²) < 4.78 is 66.3. The number of hydrogen-bond acceptors (Lipinski definition) is 3. The topological polar surface area (TPSA) is 43.4 Å². The molecule has 0 amide bonds. The molecule has 0 unspecified atom stereocenters. The van der Waals surface area contributed by atoms with Crippen LogP contribution >= 0.6 is 0 Å². The van der Waals surface area contributed by atoms with Crippen LogP contribution in [0.4, 0.5) is 13.2 Å². The van der Waals surface area contributed by atoms with E-state index < -0.39 is 21.4 Å². The minimum absolute atomic E-state index is 0. The van der Waals surface area contributed by atoms with Crippen molar-refractivity contribution in [2.24, 2.45) is 0 Å². The molecule has 4 aromatic rings. The van der Waals surface area contributed by atoms with Crippen molar-refractivity contribution >= 4 is 31.7 Å². The number of rotatable bonds is 3. The van der Waals surface area contributed by atoms with Crippen LogP contribution in [0.5, 0.6) is 5.75 Å². The third-order valence-electron chi connectivity index (χ3n) is 4.30. The number of alkyl halides is 3. The second-order valence-electron chi connectivity index (χ2n) is 6.15. The zero-order chi connectivity index (χ0) is 19.9. The second-order valence-corrected chi connectivity index (χ2v) is 7.69. The Morgan fingerprint density at radius 3 is 1.90 bits per heavy atom. The average Bonchev–Trinajstić information content (AvgIpc) is 2.66. The van der Waals surface area contributed by atoms with E-state index in [2.05, 4.69) is 10.2 Å². The van der Waals surface area contributed by atoms with Crippen LogP contribution in [0.15, 0.2) is 72.8 Å². The maximum Gasteiger partial charge on any atom is 0.534 e. The standard InChI is InChI=1S/C21H12F3O3S.Tm/c22-21(23,24)28(25,26)27-20-13-17-8-4-3-7-16(17)12-19(20)18-10-9-14-5-1-2-6-15(14)11-18;/h1-9,11-13H;/q-1;. The van der Waals surface area contributed by atoms with Gasteiger partial charge in [-0.1, -0.05) is 65.5 Å². The van der Waals surface area contributed by atoms with Crippen LogP contribution in [-0.4, -0.2) is 13.9 Å². The van der Waals surface area contributed by atoms with E-state index in [1.54, 1.807) is 42.5 Å². The van der Waals surface area contributed by atoms with Gasteiger partial charge in [0.05, 0.1) is 0 Å². The van der Waals surface area contributed by atoms with Crippen LogP contribution in [0.2, 0.25) is 0 Å². The van der Waals surface area contributed by atoms with E-state index in [0.29, 0.717) is 10.9 Å². The molecule has 155 valence electrons. The fraction of sp³-hybridized carbons (Fsp3) is 0.0476. The molecule has 3 nitrogen and oxygen atoms in total. The van der Waals surface area contributed by atoms with Crippen molar-refractivity contribution in [3.05, 3.63) is 78.9 Å². The molecule has 0 aromatic heterocycles. The molecular formula is C21H12F3O3STm-. The Hall–Kier alpha value is -1.83. The molecule has 0 atom stereocenters. The summed E-state index contributed by atoms with van der Waals surface area (Å²) in [6.45, 7) is 0. The molecule has 0 N–H and O–H groups in total. The molecule has 0 spiro atoms. The van der Waals surface area contributed by atoms with Crippen molar-refractivity contribution in [3.8, 4) is 16.9 Å². The zero-order valence-electron chi connectivity index (χ0n) is 14.5. The van der Waals surface area contributed by atoms with Gasteiger partial charge in [-0.15, -0.1) is 29.1 Å². The number of halogens is 3. The molecule has 0 heterocycles. The Morgan fingerprint density at radius 2 is 1.31 bits per heavy atom. The van der Waals surface area contributed by atoms with E-state index >= 15 is 0 Å². The largest absolute Gasteiger partial charge is 0.534 e. The Bertz CT molecular complexity index is 1300. The van der Waals surface area contributed by atoms with Crippen molar-refractivity contribution in [2.45, 2.75) is 5.51 Å². The summed E-state index contributed by atoms with van der Waals surface area (Å²) in [7, 11) is -5.81. The van der Waals surface area contributed by atoms with Gasteiger partial charge < -0.3 is 4.18 Å². The van der Waals surface area contributed by atoms with Gasteiger partial charge in [0.25, 0.3) is 0 Å². The van der Waals surface area contributed by atoms with Crippen molar-refractivity contribution in [1.29, 1.82) is 0 Å². The summed E-state index contributed by atoms with van der Waals surface area (Å²) in [5, 5.41) is 3.03. The third-order valence-corrected chi connectivity index (χ3v) is 5.27. The molecule has 4 aromatic carbocycles. The molecule has 0 aliphatic heterocycles. The van der Waals surface area contributed by atoms with Crippen molar-refractivity contribution in [2.75, 3.05) is 0 Å². The van der Waals surface area contributed by atoms with E-state index in [4.69, 9.17) is 0 Å². The van der Waals surface area contributed by atoms with Gasteiger partial charge in [0.2, 0.25) is 0 Å². The number of fused-ring (bicyclic) bond motifs is 2. The first-order valence-electron chi connectivity index (χ1n) is 8.19. The molecule has 8 heteroatoms. The van der Waals surface area contributed by atoms with Gasteiger partial charge in [-0.3, -0.25) is 0 Å². The minimum atomic E-state index is -5.81. The summed E-state index contributed by atoms with van der Waals surface area (Å²) in [4.78, 5) is 0. The van der Waals surface area contributed by atoms with Gasteiger partial charge in [0, 0.05) is 36.9 Å². The first kappa shape index (κ1) is 21.9. The first-order valence-corrected chi connectivity index (χ1v) is 9.60. The van der Waals surface area contributed by atoms with Crippen LogP contribution in [0.25, 0.3) is 32.7 Å². The van der Waals surface area contributed by atoms with Crippen LogP contribution in [0.3, 0.4) is 0 Å². The summed E-state index contributed by atoms with van der Waals surface area (Å²) in [5.74, 6) is -0.400. The predicted octanol–water partition coefficient (Wildman–Crippen LogP) is 5.69. The van der Waals surface area contributed by atoms with Gasteiger partial charge in [0.1, 0.15) is 5.75 Å². The molecule has 0 saturated carbocycles. The summed E-state index contributed by atoms with van der Waals surface area (Å²) >= 11 is 0. The molecule has 0 saturated heterocycles. The maximum atomic E-state index is 12.9. The van der Waals surface area contributed by atoms with Gasteiger partial charge in [0.15, 0.2) is 0 Å². The Labute approximate surface area is 194 Å². The van der Waals surface area contributed by atoms with Crippen LogP contribution < -0.4 is 4.18 Å². The van der Waals surface area contributed by atoms with Crippen LogP contribution in [0.1, 0.15) is 0 Å². The predicted molar refractivity (Wildman–Crippen MR) is 101 cm³/mol. The molecule has 1 radical (unpaired) electrons. The van der Waals surface area contributed by atoms with E-state index in [-0.39, 0.29) is 42.4 Å². The Morgan fingerprint density at radius 1 is 0.793 bits per heavy atom. The van der Waals surface area contributed by atoms with Crippen LogP contribution in [0, 0.1) is 42.9 Å². The smallest absolute Gasteiger partial charge is 0.386 e. The number of benzene rings is 4. The summed E-state index contributed by atoms with van der Waals surface area (Å²) in [5.41, 5.74) is -4.89. The van der Waals surface area contributed by atoms with E-state index in [0.717, 1.165) is 16.2 Å². The molecule has 0 aliphatic rings. The molecule has 0 bridgehead atoms. The van der Waals surface area contributed by atoms with E-state index in [1.165, 1.54) is 6.07 Å². The first-order chi connectivity index (χ1) is 13.2. The molecule has 0 fully saturated rings. The summed E-state index contributed by atoms with van der Waals surface area (Å²) in [6, 6.07) is 23.6. The molecular weight excluding hydrogens is 558 g/mol. The maximum absolute atomic E-state index is 12.9. The van der Waals surface area contributed by atoms with E-state index in [9.17, 15) is 21.6 Å². The quantitative estimate of drug-likeness (QED) is 0.181. The Kier molecular flexibility index (Phi) is 6.13. The Balaban J connectivity index is 0.00000240. The van der Waals surface area contributed by atoms with Crippen LogP contribution in [-0.2, 0) is 10.1 Å². The molecule has 4 rings (SSSR count). The minimum Gasteiger partial charge on any atom is -0.386 e. The van der Waals surface area contributed by atoms with Crippen molar-refractivity contribution < 1.29 is 62.6 Å². The molecule has 0 aliphatic carbocycles. The monoisotopic (exact) mass is 570 g/mol. The SMILES string of the molecule is O=S(=O)(Oc1cc2ccccc2cc1-c1[c-]cc2ccccc2c1)C(F)(F)F.[Tm].